The summed E-state index contributed by atoms with van der Waals surface area (Å²) in [4.78, 5) is 25.9. The summed E-state index contributed by atoms with van der Waals surface area (Å²) >= 11 is 0. The van der Waals surface area contributed by atoms with Crippen molar-refractivity contribution < 1.29 is 24.5 Å². The number of benzene rings is 1. The molecule has 0 aromatic heterocycles. The van der Waals surface area contributed by atoms with Crippen LogP contribution in [0, 0.1) is 56.7 Å². The molecule has 1 aromatic carbocycles. The number of carboxylic acid groups (broad SMARTS) is 1. The van der Waals surface area contributed by atoms with Crippen molar-refractivity contribution in [3.8, 4) is 5.75 Å². The fraction of sp³-hybridized carbons (Fsp3) is 0.692. The average molecular weight is 603 g/mol. The van der Waals surface area contributed by atoms with E-state index in [0.29, 0.717) is 23.7 Å². The van der Waals surface area contributed by atoms with E-state index in [-0.39, 0.29) is 45.4 Å². The van der Waals surface area contributed by atoms with Gasteiger partial charge in [0.25, 0.3) is 0 Å². The number of phenolic OH excluding ortho intramolecular Hbond substituents is 1. The fourth-order valence-corrected chi connectivity index (χ4v) is 12.6. The van der Waals surface area contributed by atoms with Crippen LogP contribution in [-0.4, -0.2) is 28.3 Å². The number of hydrogen-bond donors (Lipinski definition) is 2. The molecule has 0 heterocycles. The monoisotopic (exact) mass is 602 g/mol. The molecule has 5 aliphatic carbocycles. The Morgan fingerprint density at radius 1 is 0.864 bits per heavy atom. The molecular weight excluding hydrogens is 548 g/mol. The van der Waals surface area contributed by atoms with E-state index in [1.165, 1.54) is 11.6 Å². The molecule has 0 spiro atoms. The van der Waals surface area contributed by atoms with Gasteiger partial charge in [-0.25, -0.2) is 4.79 Å². The van der Waals surface area contributed by atoms with Gasteiger partial charge < -0.3 is 14.9 Å². The maximum Gasteiger partial charge on any atom is 0.331 e. The van der Waals surface area contributed by atoms with Crippen LogP contribution in [0.2, 0.25) is 0 Å². The van der Waals surface area contributed by atoms with Crippen LogP contribution in [0.4, 0.5) is 0 Å². The molecule has 0 saturated heterocycles. The largest absolute Gasteiger partial charge is 0.508 e. The Hall–Kier alpha value is -2.56. The predicted octanol–water partition coefficient (Wildman–Crippen LogP) is 9.06. The lowest BCUT2D eigenvalue weighted by Crippen LogP contribution is -2.67. The number of carbonyl (C=O) groups excluding carboxylic acids is 1. The number of phenols is 1. The van der Waals surface area contributed by atoms with Gasteiger partial charge in [0.2, 0.25) is 0 Å². The first-order valence-electron chi connectivity index (χ1n) is 17.2. The minimum absolute atomic E-state index is 0.109. The van der Waals surface area contributed by atoms with Crippen molar-refractivity contribution in [2.24, 2.45) is 56.7 Å². The summed E-state index contributed by atoms with van der Waals surface area (Å²) in [5.74, 6) is 1.29. The van der Waals surface area contributed by atoms with E-state index < -0.39 is 11.4 Å². The highest BCUT2D eigenvalue weighted by Gasteiger charge is 2.72. The summed E-state index contributed by atoms with van der Waals surface area (Å²) in [5, 5.41) is 20.2. The Balaban J connectivity index is 1.24. The summed E-state index contributed by atoms with van der Waals surface area (Å²) in [7, 11) is 0. The number of carboxylic acids is 1. The molecule has 6 rings (SSSR count). The highest BCUT2D eigenvalue weighted by Crippen LogP contribution is 2.77. The molecule has 5 aliphatic rings. The third-order valence-electron chi connectivity index (χ3n) is 15.0. The van der Waals surface area contributed by atoms with Crippen LogP contribution in [0.25, 0.3) is 6.08 Å². The molecule has 1 aromatic rings. The van der Waals surface area contributed by atoms with Crippen LogP contribution >= 0.6 is 0 Å². The zero-order valence-electron chi connectivity index (χ0n) is 27.8. The van der Waals surface area contributed by atoms with Crippen molar-refractivity contribution in [3.63, 3.8) is 0 Å². The summed E-state index contributed by atoms with van der Waals surface area (Å²) in [6.45, 7) is 18.8. The topological polar surface area (TPSA) is 83.8 Å². The van der Waals surface area contributed by atoms with Gasteiger partial charge in [0.05, 0.1) is 5.41 Å². The average Bonchev–Trinajstić information content (AvgIpc) is 3.36. The quantitative estimate of drug-likeness (QED) is 0.200. The second-order valence-corrected chi connectivity index (χ2v) is 16.9. The highest BCUT2D eigenvalue weighted by atomic mass is 16.5. The van der Waals surface area contributed by atoms with E-state index >= 15 is 0 Å². The lowest BCUT2D eigenvalue weighted by molar-refractivity contribution is -0.250. The number of fused-ring (bicyclic) bond motifs is 7. The molecule has 0 amide bonds. The van der Waals surface area contributed by atoms with Crippen LogP contribution < -0.4 is 0 Å². The molecule has 2 N–H and O–H groups in total. The number of ether oxygens (including phenoxy) is 1. The van der Waals surface area contributed by atoms with Crippen molar-refractivity contribution in [1.82, 2.24) is 0 Å². The van der Waals surface area contributed by atoms with Crippen molar-refractivity contribution in [2.45, 2.75) is 112 Å². The Morgan fingerprint density at radius 3 is 2.23 bits per heavy atom. The standard InChI is InChI=1S/C39H54O5/c1-24(2)27-16-21-39(34(42)43)23-22-37(6)28(33(27)39)13-14-30-36(5)19-18-31(35(3,4)29(36)17-20-38(30,37)7)44-32(41)15-10-25-8-11-26(40)12-9-25/h8-12,15,27-31,33,40H,1,13-14,16-23H2,2-7H3,(H,42,43)/t27-,28+,29-,30+,31-,33+,36-,37+,38+,39-/m0/s1. The highest BCUT2D eigenvalue weighted by molar-refractivity contribution is 5.87. The zero-order valence-corrected chi connectivity index (χ0v) is 27.8. The first kappa shape index (κ1) is 31.4. The Bertz CT molecular complexity index is 1360. The van der Waals surface area contributed by atoms with E-state index in [0.717, 1.165) is 69.8 Å². The number of aliphatic carboxylic acids is 1. The van der Waals surface area contributed by atoms with Gasteiger partial charge in [-0.15, -0.1) is 0 Å². The molecule has 0 unspecified atom stereocenters. The Morgan fingerprint density at radius 2 is 1.57 bits per heavy atom. The summed E-state index contributed by atoms with van der Waals surface area (Å²) < 4.78 is 6.19. The van der Waals surface area contributed by atoms with Crippen LogP contribution in [0.1, 0.15) is 111 Å². The van der Waals surface area contributed by atoms with Crippen LogP contribution in [0.15, 0.2) is 42.5 Å². The number of esters is 1. The van der Waals surface area contributed by atoms with Gasteiger partial charge >= 0.3 is 11.9 Å². The van der Waals surface area contributed by atoms with Gasteiger partial charge in [0, 0.05) is 11.5 Å². The van der Waals surface area contributed by atoms with Gasteiger partial charge in [0.1, 0.15) is 11.9 Å². The number of carbonyl (C=O) groups is 2. The number of aromatic hydroxyl groups is 1. The molecule has 5 fully saturated rings. The normalized spacial score (nSPS) is 44.1. The van der Waals surface area contributed by atoms with Gasteiger partial charge in [0.15, 0.2) is 0 Å². The second-order valence-electron chi connectivity index (χ2n) is 16.9. The molecule has 5 heteroatoms. The second kappa shape index (κ2) is 10.5. The SMILES string of the molecule is C=C(C)[C@@H]1CC[C@]2(C(=O)O)CC[C@]3(C)[C@H](CC[C@@H]4[C@@]5(C)CC[C@H](OC(=O)C=Cc6ccc(O)cc6)C(C)(C)[C@@H]5CC[C@]43C)[C@@H]12. The predicted molar refractivity (Wildman–Crippen MR) is 174 cm³/mol. The molecule has 10 atom stereocenters. The summed E-state index contributed by atoms with van der Waals surface area (Å²) in [6, 6.07) is 6.79. The Kier molecular flexibility index (Phi) is 7.49. The van der Waals surface area contributed by atoms with Crippen molar-refractivity contribution in [1.29, 1.82) is 0 Å². The molecule has 0 bridgehead atoms. The van der Waals surface area contributed by atoms with Crippen molar-refractivity contribution in [2.75, 3.05) is 0 Å². The van der Waals surface area contributed by atoms with Gasteiger partial charge in [-0.3, -0.25) is 4.79 Å². The molecule has 5 saturated carbocycles. The maximum atomic E-state index is 13.0. The number of hydrogen-bond acceptors (Lipinski definition) is 4. The van der Waals surface area contributed by atoms with Gasteiger partial charge in [-0.05, 0) is 141 Å². The number of allylic oxidation sites excluding steroid dienone is 1. The van der Waals surface area contributed by atoms with Crippen LogP contribution in [0.3, 0.4) is 0 Å². The zero-order chi connectivity index (χ0) is 31.9. The van der Waals surface area contributed by atoms with Crippen molar-refractivity contribution >= 4 is 18.0 Å². The lowest BCUT2D eigenvalue weighted by Gasteiger charge is -2.72. The van der Waals surface area contributed by atoms with E-state index in [9.17, 15) is 19.8 Å². The molecular formula is C39H54O5. The van der Waals surface area contributed by atoms with Gasteiger partial charge in [-0.1, -0.05) is 58.9 Å². The van der Waals surface area contributed by atoms with Gasteiger partial charge in [-0.2, -0.15) is 0 Å². The molecule has 0 radical (unpaired) electrons. The minimum atomic E-state index is -0.585. The third-order valence-corrected chi connectivity index (χ3v) is 15.0. The smallest absolute Gasteiger partial charge is 0.331 e. The molecule has 44 heavy (non-hydrogen) atoms. The first-order chi connectivity index (χ1) is 20.6. The fourth-order valence-electron chi connectivity index (χ4n) is 12.6. The minimum Gasteiger partial charge on any atom is -0.508 e. The third kappa shape index (κ3) is 4.37. The van der Waals surface area contributed by atoms with E-state index in [1.54, 1.807) is 30.3 Å². The Labute approximate surface area is 264 Å². The van der Waals surface area contributed by atoms with Crippen molar-refractivity contribution in [3.05, 3.63) is 48.1 Å². The summed E-state index contributed by atoms with van der Waals surface area (Å²) in [5.41, 5.74) is 1.71. The lowest BCUT2D eigenvalue weighted by atomic mass is 9.32. The maximum absolute atomic E-state index is 13.0. The van der Waals surface area contributed by atoms with E-state index in [1.807, 2.05) is 0 Å². The van der Waals surface area contributed by atoms with E-state index in [2.05, 4.69) is 48.1 Å². The summed E-state index contributed by atoms with van der Waals surface area (Å²) in [6.07, 6.45) is 13.2. The van der Waals surface area contributed by atoms with E-state index in [4.69, 9.17) is 4.74 Å². The molecule has 0 aliphatic heterocycles. The number of rotatable bonds is 5. The van der Waals surface area contributed by atoms with Crippen LogP contribution in [0.5, 0.6) is 5.75 Å². The first-order valence-corrected chi connectivity index (χ1v) is 17.2. The van der Waals surface area contributed by atoms with Crippen LogP contribution in [-0.2, 0) is 14.3 Å². The molecule has 240 valence electrons. The molecule has 5 nitrogen and oxygen atoms in total.